The minimum absolute atomic E-state index is 0.213. The maximum atomic E-state index is 10.8. The van der Waals surface area contributed by atoms with Crippen molar-refractivity contribution in [1.82, 2.24) is 0 Å². The maximum absolute atomic E-state index is 10.8. The molecule has 0 amide bonds. The molecule has 0 radical (unpaired) electrons. The Balaban J connectivity index is 2.70. The van der Waals surface area contributed by atoms with E-state index in [0.717, 1.165) is 0 Å². The van der Waals surface area contributed by atoms with Crippen LogP contribution >= 0.6 is 0 Å². The van der Waals surface area contributed by atoms with Crippen molar-refractivity contribution < 1.29 is 14.7 Å². The molecule has 10 heavy (non-hydrogen) atoms. The van der Waals surface area contributed by atoms with Gasteiger partial charge in [-0.3, -0.25) is 9.59 Å². The summed E-state index contributed by atoms with van der Waals surface area (Å²) in [5.74, 6) is -1.24. The number of rotatable bonds is 0. The molecule has 0 aromatic carbocycles. The lowest BCUT2D eigenvalue weighted by atomic mass is 9.86. The van der Waals surface area contributed by atoms with Crippen molar-refractivity contribution in [3.63, 3.8) is 0 Å². The van der Waals surface area contributed by atoms with Gasteiger partial charge in [-0.05, 0) is 6.42 Å². The Morgan fingerprint density at radius 3 is 2.60 bits per heavy atom. The van der Waals surface area contributed by atoms with Crippen LogP contribution in [0.15, 0.2) is 0 Å². The second kappa shape index (κ2) is 2.50. The van der Waals surface area contributed by atoms with E-state index in [1.165, 1.54) is 0 Å². The summed E-state index contributed by atoms with van der Waals surface area (Å²) in [5.41, 5.74) is 0. The van der Waals surface area contributed by atoms with Crippen molar-refractivity contribution in [1.29, 1.82) is 0 Å². The topological polar surface area (TPSA) is 54.4 Å². The predicted molar refractivity (Wildman–Crippen MR) is 34.4 cm³/mol. The predicted octanol–water partition coefficient (Wildman–Crippen LogP) is -0.0846. The first-order valence-electron chi connectivity index (χ1n) is 3.38. The largest absolute Gasteiger partial charge is 0.392 e. The van der Waals surface area contributed by atoms with Crippen LogP contribution in [-0.2, 0) is 9.59 Å². The first-order chi connectivity index (χ1) is 4.63. The van der Waals surface area contributed by atoms with E-state index in [9.17, 15) is 9.59 Å². The molecule has 56 valence electrons. The van der Waals surface area contributed by atoms with E-state index in [0.29, 0.717) is 6.42 Å². The zero-order valence-electron chi connectivity index (χ0n) is 5.83. The fourth-order valence-electron chi connectivity index (χ4n) is 1.08. The van der Waals surface area contributed by atoms with Gasteiger partial charge < -0.3 is 5.11 Å². The van der Waals surface area contributed by atoms with E-state index in [1.807, 2.05) is 0 Å². The monoisotopic (exact) mass is 142 g/mol. The van der Waals surface area contributed by atoms with E-state index < -0.39 is 17.8 Å². The third kappa shape index (κ3) is 1.09. The zero-order chi connectivity index (χ0) is 7.72. The second-order valence-electron chi connectivity index (χ2n) is 2.68. The summed E-state index contributed by atoms with van der Waals surface area (Å²) in [5, 5.41) is 9.09. The highest BCUT2D eigenvalue weighted by Gasteiger charge is 2.32. The molecule has 3 nitrogen and oxygen atoms in total. The van der Waals surface area contributed by atoms with Gasteiger partial charge in [0.25, 0.3) is 0 Å². The van der Waals surface area contributed by atoms with E-state index >= 15 is 0 Å². The van der Waals surface area contributed by atoms with E-state index in [4.69, 9.17) is 5.11 Å². The van der Waals surface area contributed by atoms with Crippen molar-refractivity contribution in [2.24, 2.45) is 5.92 Å². The van der Waals surface area contributed by atoms with Gasteiger partial charge in [0.2, 0.25) is 5.78 Å². The Morgan fingerprint density at radius 2 is 2.10 bits per heavy atom. The molecule has 1 fully saturated rings. The number of aliphatic hydroxyl groups excluding tert-OH is 1. The van der Waals surface area contributed by atoms with Crippen LogP contribution in [0.5, 0.6) is 0 Å². The quantitative estimate of drug-likeness (QED) is 0.481. The lowest BCUT2D eigenvalue weighted by molar-refractivity contribution is -0.144. The minimum atomic E-state index is -0.606. The first-order valence-corrected chi connectivity index (χ1v) is 3.38. The maximum Gasteiger partial charge on any atom is 0.203 e. The standard InChI is InChI=1S/C7H10O3/c1-4-5(8)2-3-6(9)7(4)10/h4-5,8H,2-3H2,1H3. The van der Waals surface area contributed by atoms with Gasteiger partial charge in [0.1, 0.15) is 0 Å². The molecule has 0 aromatic rings. The molecule has 1 saturated carbocycles. The Kier molecular flexibility index (Phi) is 1.85. The molecular weight excluding hydrogens is 132 g/mol. The molecule has 2 atom stereocenters. The lowest BCUT2D eigenvalue weighted by Crippen LogP contribution is -2.36. The van der Waals surface area contributed by atoms with Crippen LogP contribution in [0.2, 0.25) is 0 Å². The minimum Gasteiger partial charge on any atom is -0.392 e. The summed E-state index contributed by atoms with van der Waals surface area (Å²) in [7, 11) is 0. The first kappa shape index (κ1) is 7.41. The number of hydrogen-bond acceptors (Lipinski definition) is 3. The van der Waals surface area contributed by atoms with Crippen LogP contribution in [0.1, 0.15) is 19.8 Å². The van der Waals surface area contributed by atoms with E-state index in [2.05, 4.69) is 0 Å². The van der Waals surface area contributed by atoms with Gasteiger partial charge >= 0.3 is 0 Å². The Bertz CT molecular complexity index is 174. The van der Waals surface area contributed by atoms with Gasteiger partial charge in [-0.15, -0.1) is 0 Å². The number of ketones is 2. The molecule has 1 aliphatic carbocycles. The zero-order valence-corrected chi connectivity index (χ0v) is 5.83. The Morgan fingerprint density at radius 1 is 1.50 bits per heavy atom. The highest BCUT2D eigenvalue weighted by atomic mass is 16.3. The molecule has 0 aliphatic heterocycles. The van der Waals surface area contributed by atoms with E-state index in [-0.39, 0.29) is 12.2 Å². The van der Waals surface area contributed by atoms with Crippen LogP contribution in [0, 0.1) is 5.92 Å². The van der Waals surface area contributed by atoms with Crippen molar-refractivity contribution in [3.05, 3.63) is 0 Å². The molecular formula is C7H10O3. The SMILES string of the molecule is CC1C(=O)C(=O)CCC1O. The third-order valence-corrected chi connectivity index (χ3v) is 1.93. The Labute approximate surface area is 59.0 Å². The van der Waals surface area contributed by atoms with Crippen LogP contribution in [0.3, 0.4) is 0 Å². The number of hydrogen-bond donors (Lipinski definition) is 1. The van der Waals surface area contributed by atoms with Gasteiger partial charge in [-0.2, -0.15) is 0 Å². The van der Waals surface area contributed by atoms with Crippen molar-refractivity contribution in [2.75, 3.05) is 0 Å². The van der Waals surface area contributed by atoms with E-state index in [1.54, 1.807) is 6.92 Å². The normalized spacial score (nSPS) is 34.6. The lowest BCUT2D eigenvalue weighted by Gasteiger charge is -2.21. The number of carbonyl (C=O) groups is 2. The molecule has 0 bridgehead atoms. The smallest absolute Gasteiger partial charge is 0.203 e. The van der Waals surface area contributed by atoms with Crippen LogP contribution in [0.4, 0.5) is 0 Å². The van der Waals surface area contributed by atoms with Gasteiger partial charge in [-0.1, -0.05) is 6.92 Å². The third-order valence-electron chi connectivity index (χ3n) is 1.93. The van der Waals surface area contributed by atoms with Crippen molar-refractivity contribution in [3.8, 4) is 0 Å². The van der Waals surface area contributed by atoms with Gasteiger partial charge in [0, 0.05) is 12.3 Å². The second-order valence-corrected chi connectivity index (χ2v) is 2.68. The van der Waals surface area contributed by atoms with Crippen LogP contribution < -0.4 is 0 Å². The summed E-state index contributed by atoms with van der Waals surface area (Å²) in [6.45, 7) is 1.59. The summed E-state index contributed by atoms with van der Waals surface area (Å²) in [6.07, 6.45) is 0.0426. The molecule has 3 heteroatoms. The molecule has 2 unspecified atom stereocenters. The van der Waals surface area contributed by atoms with Crippen LogP contribution in [0.25, 0.3) is 0 Å². The number of carbonyl (C=O) groups excluding carboxylic acids is 2. The number of aliphatic hydroxyl groups is 1. The number of Topliss-reactive ketones (excluding diaryl/α,β-unsaturated/α-hetero) is 2. The van der Waals surface area contributed by atoms with Gasteiger partial charge in [0.05, 0.1) is 6.10 Å². The van der Waals surface area contributed by atoms with Gasteiger partial charge in [0.15, 0.2) is 5.78 Å². The average Bonchev–Trinajstić information content (AvgIpc) is 1.93. The van der Waals surface area contributed by atoms with Crippen molar-refractivity contribution >= 4 is 11.6 Å². The molecule has 0 saturated heterocycles. The van der Waals surface area contributed by atoms with Crippen molar-refractivity contribution in [2.45, 2.75) is 25.9 Å². The van der Waals surface area contributed by atoms with Gasteiger partial charge in [-0.25, -0.2) is 0 Å². The highest BCUT2D eigenvalue weighted by Crippen LogP contribution is 2.17. The van der Waals surface area contributed by atoms with Crippen LogP contribution in [-0.4, -0.2) is 22.8 Å². The highest BCUT2D eigenvalue weighted by molar-refractivity contribution is 6.38. The Hall–Kier alpha value is -0.700. The molecule has 1 rings (SSSR count). The average molecular weight is 142 g/mol. The molecule has 1 N–H and O–H groups in total. The fraction of sp³-hybridized carbons (Fsp3) is 0.714. The fourth-order valence-corrected chi connectivity index (χ4v) is 1.08. The molecule has 0 aromatic heterocycles. The molecule has 0 heterocycles. The summed E-state index contributed by atoms with van der Waals surface area (Å²) < 4.78 is 0. The summed E-state index contributed by atoms with van der Waals surface area (Å²) in [6, 6.07) is 0. The molecule has 0 spiro atoms. The summed E-state index contributed by atoms with van der Waals surface area (Å²) in [4.78, 5) is 21.5. The summed E-state index contributed by atoms with van der Waals surface area (Å²) >= 11 is 0. The molecule has 1 aliphatic rings.